The molecule has 0 spiro atoms. The Morgan fingerprint density at radius 3 is 2.55 bits per heavy atom. The molecule has 6 rings (SSSR count). The molecule has 2 aromatic heterocycles. The Kier molecular flexibility index (Phi) is 8.04. The number of carbonyl (C=O) groups is 1. The Morgan fingerprint density at radius 2 is 1.85 bits per heavy atom. The summed E-state index contributed by atoms with van der Waals surface area (Å²) in [6.07, 6.45) is 6.29. The lowest BCUT2D eigenvalue weighted by Crippen LogP contribution is -2.37. The van der Waals surface area contributed by atoms with Gasteiger partial charge in [-0.05, 0) is 75.8 Å². The lowest BCUT2D eigenvalue weighted by molar-refractivity contribution is 0.0131. The van der Waals surface area contributed by atoms with Crippen LogP contribution in [0.25, 0.3) is 21.5 Å². The standard InChI is InChI=1S/C30H31Cl2N3O4S/c1-3-37-29(36)18-9-14-24-25(15-18)40-30(33-24)35(2)19-10-12-20(13-11-19)38-16-21-27(34-39-28(21)17-7-8-17)26-22(31)5-4-6-23(26)32/h4-6,9,14-15,17,19-20H,3,7-8,10-13,16H2,1-2H3. The summed E-state index contributed by atoms with van der Waals surface area (Å²) >= 11 is 14.6. The van der Waals surface area contributed by atoms with Crippen molar-refractivity contribution in [2.75, 3.05) is 18.6 Å². The van der Waals surface area contributed by atoms with E-state index in [0.717, 1.165) is 65.2 Å². The van der Waals surface area contributed by atoms with Crippen molar-refractivity contribution < 1.29 is 18.8 Å². The zero-order valence-electron chi connectivity index (χ0n) is 22.5. The molecule has 0 unspecified atom stereocenters. The average Bonchev–Trinajstić information content (AvgIpc) is 3.57. The molecule has 2 aliphatic rings. The van der Waals surface area contributed by atoms with Gasteiger partial charge in [0.25, 0.3) is 0 Å². The molecule has 0 radical (unpaired) electrons. The summed E-state index contributed by atoms with van der Waals surface area (Å²) in [6, 6.07) is 11.4. The highest BCUT2D eigenvalue weighted by atomic mass is 35.5. The van der Waals surface area contributed by atoms with Gasteiger partial charge >= 0.3 is 5.97 Å². The molecule has 0 amide bonds. The quantitative estimate of drug-likeness (QED) is 0.179. The number of esters is 1. The molecule has 2 aromatic carbocycles. The van der Waals surface area contributed by atoms with Gasteiger partial charge in [-0.3, -0.25) is 0 Å². The van der Waals surface area contributed by atoms with Crippen LogP contribution in [0.3, 0.4) is 0 Å². The number of carbonyl (C=O) groups excluding carboxylic acids is 1. The van der Waals surface area contributed by atoms with E-state index in [1.165, 1.54) is 0 Å². The summed E-state index contributed by atoms with van der Waals surface area (Å²) in [6.45, 7) is 2.60. The average molecular weight is 601 g/mol. The largest absolute Gasteiger partial charge is 0.462 e. The van der Waals surface area contributed by atoms with Gasteiger partial charge in [0, 0.05) is 30.1 Å². The lowest BCUT2D eigenvalue weighted by Gasteiger charge is -2.34. The summed E-state index contributed by atoms with van der Waals surface area (Å²) in [5.74, 6) is 0.998. The molecule has 2 fully saturated rings. The number of hydrogen-bond donors (Lipinski definition) is 0. The first-order valence-corrected chi connectivity index (χ1v) is 15.3. The normalized spacial score (nSPS) is 19.2. The summed E-state index contributed by atoms with van der Waals surface area (Å²) < 4.78 is 18.4. The third kappa shape index (κ3) is 5.59. The zero-order chi connectivity index (χ0) is 27.8. The maximum atomic E-state index is 12.1. The van der Waals surface area contributed by atoms with E-state index < -0.39 is 0 Å². The van der Waals surface area contributed by atoms with E-state index in [9.17, 15) is 4.79 Å². The first-order chi connectivity index (χ1) is 19.4. The highest BCUT2D eigenvalue weighted by Gasteiger charge is 2.34. The van der Waals surface area contributed by atoms with Crippen molar-refractivity contribution in [3.8, 4) is 11.3 Å². The molecule has 40 heavy (non-hydrogen) atoms. The minimum atomic E-state index is -0.302. The summed E-state index contributed by atoms with van der Waals surface area (Å²) in [5, 5.41) is 6.45. The predicted molar refractivity (Wildman–Crippen MR) is 159 cm³/mol. The van der Waals surface area contributed by atoms with E-state index in [1.807, 2.05) is 37.3 Å². The molecule has 2 heterocycles. The molecule has 0 aliphatic heterocycles. The van der Waals surface area contributed by atoms with E-state index in [2.05, 4.69) is 17.1 Å². The molecule has 0 atom stereocenters. The number of nitrogens with zero attached hydrogens (tertiary/aromatic N) is 3. The van der Waals surface area contributed by atoms with Crippen LogP contribution in [-0.2, 0) is 16.1 Å². The third-order valence-corrected chi connectivity index (χ3v) is 9.55. The molecule has 2 saturated carbocycles. The van der Waals surface area contributed by atoms with Crippen LogP contribution in [0, 0.1) is 0 Å². The lowest BCUT2D eigenvalue weighted by atomic mass is 9.92. The van der Waals surface area contributed by atoms with Crippen molar-refractivity contribution in [3.63, 3.8) is 0 Å². The van der Waals surface area contributed by atoms with Crippen LogP contribution in [-0.4, -0.2) is 41.9 Å². The molecule has 0 bridgehead atoms. The Hall–Kier alpha value is -2.65. The second-order valence-electron chi connectivity index (χ2n) is 10.5. The van der Waals surface area contributed by atoms with Crippen LogP contribution in [0.1, 0.15) is 73.0 Å². The maximum absolute atomic E-state index is 12.1. The number of benzene rings is 2. The summed E-state index contributed by atoms with van der Waals surface area (Å²) in [5.41, 5.74) is 3.81. The molecule has 4 aromatic rings. The van der Waals surface area contributed by atoms with Crippen molar-refractivity contribution in [1.29, 1.82) is 0 Å². The van der Waals surface area contributed by atoms with Crippen LogP contribution in [0.2, 0.25) is 10.0 Å². The fourth-order valence-corrected chi connectivity index (χ4v) is 7.02. The van der Waals surface area contributed by atoms with Gasteiger partial charge in [0.05, 0.1) is 45.1 Å². The van der Waals surface area contributed by atoms with Crippen LogP contribution in [0.4, 0.5) is 5.13 Å². The molecule has 7 nitrogen and oxygen atoms in total. The predicted octanol–water partition coefficient (Wildman–Crippen LogP) is 8.28. The SMILES string of the molecule is CCOC(=O)c1ccc2nc(N(C)C3CCC(OCc4c(-c5c(Cl)cccc5Cl)noc4C4CC4)CC3)sc2c1. The molecule has 0 N–H and O–H groups in total. The number of fused-ring (bicyclic) bond motifs is 1. The Labute approximate surface area is 247 Å². The molecular formula is C30H31Cl2N3O4S. The second-order valence-corrected chi connectivity index (χ2v) is 12.3. The number of hydrogen-bond acceptors (Lipinski definition) is 8. The maximum Gasteiger partial charge on any atom is 0.338 e. The van der Waals surface area contributed by atoms with Gasteiger partial charge in [-0.1, -0.05) is 45.8 Å². The molecule has 2 aliphatic carbocycles. The number of aromatic nitrogens is 2. The monoisotopic (exact) mass is 599 g/mol. The zero-order valence-corrected chi connectivity index (χ0v) is 24.8. The van der Waals surface area contributed by atoms with Gasteiger partial charge in [-0.25, -0.2) is 9.78 Å². The van der Waals surface area contributed by atoms with Crippen molar-refractivity contribution in [3.05, 3.63) is 63.3 Å². The van der Waals surface area contributed by atoms with Crippen LogP contribution in [0.15, 0.2) is 40.9 Å². The van der Waals surface area contributed by atoms with Gasteiger partial charge < -0.3 is 18.9 Å². The molecule has 210 valence electrons. The van der Waals surface area contributed by atoms with Gasteiger partial charge in [-0.15, -0.1) is 0 Å². The van der Waals surface area contributed by atoms with E-state index in [0.29, 0.717) is 52.0 Å². The van der Waals surface area contributed by atoms with E-state index in [4.69, 9.17) is 42.2 Å². The second kappa shape index (κ2) is 11.7. The van der Waals surface area contributed by atoms with Crippen LogP contribution < -0.4 is 4.90 Å². The molecule has 0 saturated heterocycles. The van der Waals surface area contributed by atoms with E-state index in [1.54, 1.807) is 17.4 Å². The fraction of sp³-hybridized carbons (Fsp3) is 0.433. The van der Waals surface area contributed by atoms with Gasteiger partial charge in [0.1, 0.15) is 11.5 Å². The Balaban J connectivity index is 1.10. The van der Waals surface area contributed by atoms with E-state index >= 15 is 0 Å². The summed E-state index contributed by atoms with van der Waals surface area (Å²) in [4.78, 5) is 19.2. The van der Waals surface area contributed by atoms with E-state index in [-0.39, 0.29) is 12.1 Å². The fourth-order valence-electron chi connectivity index (χ4n) is 5.41. The highest BCUT2D eigenvalue weighted by Crippen LogP contribution is 2.46. The molecule has 10 heteroatoms. The van der Waals surface area contributed by atoms with Crippen molar-refractivity contribution >= 4 is 55.9 Å². The minimum absolute atomic E-state index is 0.156. The number of anilines is 1. The summed E-state index contributed by atoms with van der Waals surface area (Å²) in [7, 11) is 2.11. The first-order valence-electron chi connectivity index (χ1n) is 13.8. The van der Waals surface area contributed by atoms with Gasteiger partial charge in [0.2, 0.25) is 0 Å². The first kappa shape index (κ1) is 27.5. The van der Waals surface area contributed by atoms with Crippen molar-refractivity contribution in [1.82, 2.24) is 10.1 Å². The number of ether oxygens (including phenoxy) is 2. The number of rotatable bonds is 9. The minimum Gasteiger partial charge on any atom is -0.462 e. The third-order valence-electron chi connectivity index (χ3n) is 7.81. The van der Waals surface area contributed by atoms with Crippen LogP contribution in [0.5, 0.6) is 0 Å². The number of halogens is 2. The van der Waals surface area contributed by atoms with Crippen LogP contribution >= 0.6 is 34.5 Å². The highest BCUT2D eigenvalue weighted by molar-refractivity contribution is 7.22. The van der Waals surface area contributed by atoms with Crippen molar-refractivity contribution in [2.24, 2.45) is 0 Å². The van der Waals surface area contributed by atoms with Gasteiger partial charge in [0.15, 0.2) is 5.13 Å². The molecular weight excluding hydrogens is 569 g/mol. The Morgan fingerprint density at radius 1 is 1.10 bits per heavy atom. The topological polar surface area (TPSA) is 77.7 Å². The Bertz CT molecular complexity index is 1500. The smallest absolute Gasteiger partial charge is 0.338 e. The van der Waals surface area contributed by atoms with Crippen molar-refractivity contribution in [2.45, 2.75) is 70.1 Å². The van der Waals surface area contributed by atoms with Gasteiger partial charge in [-0.2, -0.15) is 0 Å². The number of thiazole rings is 1.